The van der Waals surface area contributed by atoms with Gasteiger partial charge in [-0.2, -0.15) is 0 Å². The Hall–Kier alpha value is -3.45. The average molecular weight is 487 g/mol. The summed E-state index contributed by atoms with van der Waals surface area (Å²) in [5.74, 6) is 1.85. The Bertz CT molecular complexity index is 1290. The Kier molecular flexibility index (Phi) is 6.95. The zero-order chi connectivity index (χ0) is 24.2. The van der Waals surface area contributed by atoms with Gasteiger partial charge in [0.15, 0.2) is 0 Å². The van der Waals surface area contributed by atoms with Crippen LogP contribution in [0.3, 0.4) is 0 Å². The lowest BCUT2D eigenvalue weighted by Gasteiger charge is -2.36. The lowest BCUT2D eigenvalue weighted by Crippen LogP contribution is -2.49. The maximum Gasteiger partial charge on any atom is 0.242 e. The van der Waals surface area contributed by atoms with Crippen LogP contribution in [0.15, 0.2) is 78.1 Å². The second-order valence-electron chi connectivity index (χ2n) is 8.83. The van der Waals surface area contributed by atoms with Gasteiger partial charge in [-0.05, 0) is 48.9 Å². The number of pyridine rings is 1. The molecule has 180 valence electrons. The van der Waals surface area contributed by atoms with Crippen LogP contribution >= 0.6 is 11.8 Å². The molecule has 1 aliphatic heterocycles. The summed E-state index contributed by atoms with van der Waals surface area (Å²) < 4.78 is 7.29. The van der Waals surface area contributed by atoms with Gasteiger partial charge in [0.25, 0.3) is 0 Å². The van der Waals surface area contributed by atoms with E-state index in [-0.39, 0.29) is 5.91 Å². The highest BCUT2D eigenvalue weighted by Gasteiger charge is 2.22. The van der Waals surface area contributed by atoms with E-state index in [2.05, 4.69) is 59.3 Å². The quantitative estimate of drug-likeness (QED) is 0.344. The maximum absolute atomic E-state index is 13.1. The molecule has 1 saturated heterocycles. The van der Waals surface area contributed by atoms with E-state index in [0.29, 0.717) is 6.54 Å². The average Bonchev–Trinajstić information content (AvgIpc) is 3.31. The predicted molar refractivity (Wildman–Crippen MR) is 142 cm³/mol. The van der Waals surface area contributed by atoms with E-state index in [1.165, 1.54) is 16.8 Å². The molecule has 35 heavy (non-hydrogen) atoms. The number of aromatic nitrogens is 2. The lowest BCUT2D eigenvalue weighted by molar-refractivity contribution is -0.132. The van der Waals surface area contributed by atoms with Crippen LogP contribution < -0.4 is 9.64 Å². The second-order valence-corrected chi connectivity index (χ2v) is 9.80. The fourth-order valence-electron chi connectivity index (χ4n) is 4.44. The first kappa shape index (κ1) is 23.3. The first-order valence-electron chi connectivity index (χ1n) is 11.9. The summed E-state index contributed by atoms with van der Waals surface area (Å²) in [6.07, 6.45) is 3.84. The van der Waals surface area contributed by atoms with Crippen molar-refractivity contribution in [2.75, 3.05) is 38.2 Å². The number of aryl methyl sites for hydroxylation is 1. The lowest BCUT2D eigenvalue weighted by atomic mass is 10.2. The number of hydrogen-bond acceptors (Lipinski definition) is 5. The summed E-state index contributed by atoms with van der Waals surface area (Å²) in [5.41, 5.74) is 4.75. The Morgan fingerprint density at radius 1 is 0.971 bits per heavy atom. The Morgan fingerprint density at radius 2 is 1.71 bits per heavy atom. The number of methoxy groups -OCH3 is 1. The summed E-state index contributed by atoms with van der Waals surface area (Å²) in [6.45, 7) is 5.66. The van der Waals surface area contributed by atoms with Crippen LogP contribution in [-0.4, -0.2) is 53.6 Å². The summed E-state index contributed by atoms with van der Waals surface area (Å²) in [6, 6.07) is 20.8. The molecule has 0 spiro atoms. The zero-order valence-corrected chi connectivity index (χ0v) is 21.0. The third kappa shape index (κ3) is 5.30. The number of fused-ring (bicyclic) bond motifs is 1. The molecule has 1 fully saturated rings. The van der Waals surface area contributed by atoms with E-state index in [0.717, 1.165) is 53.6 Å². The molecular weight excluding hydrogens is 456 g/mol. The molecule has 0 radical (unpaired) electrons. The molecule has 3 heterocycles. The monoisotopic (exact) mass is 486 g/mol. The van der Waals surface area contributed by atoms with Crippen molar-refractivity contribution in [1.29, 1.82) is 0 Å². The van der Waals surface area contributed by atoms with Crippen molar-refractivity contribution in [3.8, 4) is 5.75 Å². The van der Waals surface area contributed by atoms with Gasteiger partial charge in [0.05, 0.1) is 12.6 Å². The third-order valence-electron chi connectivity index (χ3n) is 6.53. The normalized spacial score (nSPS) is 13.9. The minimum atomic E-state index is 0.162. The maximum atomic E-state index is 13.1. The van der Waals surface area contributed by atoms with E-state index in [1.54, 1.807) is 18.9 Å². The van der Waals surface area contributed by atoms with Gasteiger partial charge in [-0.25, -0.2) is 4.98 Å². The summed E-state index contributed by atoms with van der Waals surface area (Å²) in [5, 5.41) is 2.07. The van der Waals surface area contributed by atoms with Crippen LogP contribution in [0, 0.1) is 6.92 Å². The molecule has 1 aliphatic rings. The molecule has 4 aromatic rings. The first-order chi connectivity index (χ1) is 17.1. The van der Waals surface area contributed by atoms with Crippen molar-refractivity contribution in [1.82, 2.24) is 14.5 Å². The zero-order valence-electron chi connectivity index (χ0n) is 20.2. The molecule has 6 nitrogen and oxygen atoms in total. The van der Waals surface area contributed by atoms with Gasteiger partial charge in [0.1, 0.15) is 17.3 Å². The van der Waals surface area contributed by atoms with E-state index >= 15 is 0 Å². The van der Waals surface area contributed by atoms with Gasteiger partial charge in [-0.1, -0.05) is 29.8 Å². The molecule has 7 heteroatoms. The number of ether oxygens (including phenoxy) is 1. The Morgan fingerprint density at radius 3 is 2.43 bits per heavy atom. The standard InChI is InChI=1S/C28H30N4O2S/c1-21-3-7-23(8-4-21)30-15-17-31(18-16-30)27(33)19-32-14-12-25-26(32)11-13-29-28(25)35-20-22-5-9-24(34-2)10-6-22/h3-14H,15-20H2,1-2H3. The SMILES string of the molecule is COc1ccc(CSc2nccc3c2ccn3CC(=O)N2CCN(c3ccc(C)cc3)CC2)cc1. The molecule has 1 amide bonds. The van der Waals surface area contributed by atoms with E-state index in [1.807, 2.05) is 40.1 Å². The molecule has 0 saturated carbocycles. The largest absolute Gasteiger partial charge is 0.497 e. The number of carbonyl (C=O) groups is 1. The van der Waals surface area contributed by atoms with Crippen molar-refractivity contribution in [3.05, 3.63) is 84.2 Å². The minimum absolute atomic E-state index is 0.162. The molecule has 0 N–H and O–H groups in total. The summed E-state index contributed by atoms with van der Waals surface area (Å²) in [4.78, 5) is 22.0. The number of rotatable bonds is 7. The van der Waals surface area contributed by atoms with E-state index in [9.17, 15) is 4.79 Å². The van der Waals surface area contributed by atoms with Crippen molar-refractivity contribution in [3.63, 3.8) is 0 Å². The van der Waals surface area contributed by atoms with Crippen LogP contribution in [0.25, 0.3) is 10.9 Å². The molecule has 0 aliphatic carbocycles. The Labute approximate surface area is 210 Å². The summed E-state index contributed by atoms with van der Waals surface area (Å²) in [7, 11) is 1.68. The fraction of sp³-hybridized carbons (Fsp3) is 0.286. The topological polar surface area (TPSA) is 50.6 Å². The second kappa shape index (κ2) is 10.4. The van der Waals surface area contributed by atoms with Crippen molar-refractivity contribution < 1.29 is 9.53 Å². The van der Waals surface area contributed by atoms with Gasteiger partial charge in [-0.3, -0.25) is 4.79 Å². The van der Waals surface area contributed by atoms with Crippen LogP contribution in [0.2, 0.25) is 0 Å². The van der Waals surface area contributed by atoms with Crippen LogP contribution in [-0.2, 0) is 17.1 Å². The van der Waals surface area contributed by atoms with Crippen LogP contribution in [0.5, 0.6) is 5.75 Å². The van der Waals surface area contributed by atoms with Crippen molar-refractivity contribution in [2.45, 2.75) is 24.2 Å². The number of anilines is 1. The van der Waals surface area contributed by atoms with Gasteiger partial charge < -0.3 is 19.1 Å². The highest BCUT2D eigenvalue weighted by atomic mass is 32.2. The van der Waals surface area contributed by atoms with Crippen LogP contribution in [0.1, 0.15) is 11.1 Å². The van der Waals surface area contributed by atoms with E-state index in [4.69, 9.17) is 4.74 Å². The number of piperazine rings is 1. The number of hydrogen-bond donors (Lipinski definition) is 0. The first-order valence-corrected chi connectivity index (χ1v) is 12.9. The van der Waals surface area contributed by atoms with Crippen LogP contribution in [0.4, 0.5) is 5.69 Å². The number of amides is 1. The number of benzene rings is 2. The van der Waals surface area contributed by atoms with Crippen molar-refractivity contribution in [2.24, 2.45) is 0 Å². The summed E-state index contributed by atoms with van der Waals surface area (Å²) >= 11 is 1.71. The fourth-order valence-corrected chi connectivity index (χ4v) is 5.40. The molecule has 0 bridgehead atoms. The highest BCUT2D eigenvalue weighted by molar-refractivity contribution is 7.98. The molecule has 0 unspecified atom stereocenters. The van der Waals surface area contributed by atoms with Gasteiger partial charge in [-0.15, -0.1) is 11.8 Å². The third-order valence-corrected chi connectivity index (χ3v) is 7.61. The smallest absolute Gasteiger partial charge is 0.242 e. The molecule has 0 atom stereocenters. The molecule has 2 aromatic heterocycles. The predicted octanol–water partition coefficient (Wildman–Crippen LogP) is 4.99. The Balaban J connectivity index is 1.21. The molecular formula is C28H30N4O2S. The van der Waals surface area contributed by atoms with E-state index < -0.39 is 0 Å². The van der Waals surface area contributed by atoms with Gasteiger partial charge >= 0.3 is 0 Å². The number of nitrogens with zero attached hydrogens (tertiary/aromatic N) is 4. The highest BCUT2D eigenvalue weighted by Crippen LogP contribution is 2.29. The minimum Gasteiger partial charge on any atom is -0.497 e. The molecule has 2 aromatic carbocycles. The van der Waals surface area contributed by atoms with Crippen molar-refractivity contribution >= 4 is 34.3 Å². The number of thioether (sulfide) groups is 1. The number of carbonyl (C=O) groups excluding carboxylic acids is 1. The molecule has 5 rings (SSSR count). The van der Waals surface area contributed by atoms with Gasteiger partial charge in [0, 0.05) is 55.4 Å². The van der Waals surface area contributed by atoms with Gasteiger partial charge in [0.2, 0.25) is 5.91 Å².